The lowest BCUT2D eigenvalue weighted by Crippen LogP contribution is -2.42. The Hall–Kier alpha value is -3.14. The van der Waals surface area contributed by atoms with Crippen LogP contribution in [0.3, 0.4) is 0 Å². The normalized spacial score (nSPS) is 14.6. The topological polar surface area (TPSA) is 70.4 Å². The fourth-order valence-corrected chi connectivity index (χ4v) is 4.04. The molecule has 9 heteroatoms. The molecule has 7 nitrogen and oxygen atoms in total. The molecule has 1 saturated heterocycles. The number of carbonyl (C=O) groups excluding carboxylic acids is 1. The van der Waals surface area contributed by atoms with Crippen LogP contribution in [0.15, 0.2) is 53.8 Å². The van der Waals surface area contributed by atoms with E-state index in [9.17, 15) is 9.18 Å². The molecule has 0 unspecified atom stereocenters. The molecular formula is C24H26FN5O2S. The first-order chi connectivity index (χ1) is 16.0. The summed E-state index contributed by atoms with van der Waals surface area (Å²) in [5.74, 6) is -0.557. The van der Waals surface area contributed by atoms with Crippen LogP contribution in [0.4, 0.5) is 4.39 Å². The van der Waals surface area contributed by atoms with Crippen molar-refractivity contribution in [1.29, 1.82) is 0 Å². The molecule has 4 rings (SSSR count). The van der Waals surface area contributed by atoms with E-state index >= 15 is 0 Å². The van der Waals surface area contributed by atoms with Crippen molar-refractivity contribution < 1.29 is 13.9 Å². The zero-order valence-corrected chi connectivity index (χ0v) is 19.2. The van der Waals surface area contributed by atoms with E-state index in [0.29, 0.717) is 22.9 Å². The molecule has 0 bridgehead atoms. The van der Waals surface area contributed by atoms with E-state index in [4.69, 9.17) is 17.0 Å². The number of fused-ring (bicyclic) bond motifs is 1. The minimum Gasteiger partial charge on any atom is -0.379 e. The lowest BCUT2D eigenvalue weighted by Gasteiger charge is -2.26. The zero-order valence-electron chi connectivity index (χ0n) is 18.4. The van der Waals surface area contributed by atoms with E-state index in [2.05, 4.69) is 20.7 Å². The van der Waals surface area contributed by atoms with Gasteiger partial charge in [0.15, 0.2) is 5.11 Å². The first-order valence-corrected chi connectivity index (χ1v) is 11.2. The molecule has 0 aliphatic carbocycles. The molecular weight excluding hydrogens is 441 g/mol. The third kappa shape index (κ3) is 5.44. The van der Waals surface area contributed by atoms with Gasteiger partial charge in [0.05, 0.1) is 30.6 Å². The molecule has 1 aromatic carbocycles. The Labute approximate surface area is 197 Å². The van der Waals surface area contributed by atoms with Crippen molar-refractivity contribution in [2.75, 3.05) is 39.4 Å². The molecule has 1 aliphatic rings. The number of pyridine rings is 1. The molecule has 33 heavy (non-hydrogen) atoms. The van der Waals surface area contributed by atoms with Crippen LogP contribution < -0.4 is 10.7 Å². The maximum absolute atomic E-state index is 13.3. The number of ether oxygens (including phenoxy) is 1. The van der Waals surface area contributed by atoms with Crippen molar-refractivity contribution in [1.82, 2.24) is 20.0 Å². The largest absolute Gasteiger partial charge is 0.379 e. The van der Waals surface area contributed by atoms with Gasteiger partial charge in [0.2, 0.25) is 5.78 Å². The van der Waals surface area contributed by atoms with Crippen molar-refractivity contribution in [2.45, 2.75) is 6.92 Å². The summed E-state index contributed by atoms with van der Waals surface area (Å²) in [7, 11) is 0. The molecule has 3 heterocycles. The number of carbonyl (C=O) groups is 1. The van der Waals surface area contributed by atoms with Gasteiger partial charge >= 0.3 is 0 Å². The molecule has 0 spiro atoms. The van der Waals surface area contributed by atoms with Crippen molar-refractivity contribution in [2.24, 2.45) is 5.10 Å². The first kappa shape index (κ1) is 23.0. The van der Waals surface area contributed by atoms with E-state index < -0.39 is 0 Å². The average Bonchev–Trinajstić information content (AvgIpc) is 3.11. The second-order valence-electron chi connectivity index (χ2n) is 7.76. The maximum atomic E-state index is 13.3. The summed E-state index contributed by atoms with van der Waals surface area (Å²) in [5, 5.41) is 7.87. The van der Waals surface area contributed by atoms with Crippen LogP contribution in [-0.4, -0.2) is 65.8 Å². The minimum atomic E-state index is -0.378. The standard InChI is InChI=1S/C24H26FN5O2S/c1-17-20(16-27-28-24(33)26-9-11-29-12-14-32-15-13-29)21-4-2-3-10-30(21)22(17)23(31)18-5-7-19(25)8-6-18/h2-8,10,16H,9,11-15H2,1H3,(H2,26,28,33)/b27-16+. The van der Waals surface area contributed by atoms with Crippen LogP contribution in [0.1, 0.15) is 27.2 Å². The summed E-state index contributed by atoms with van der Waals surface area (Å²) in [4.78, 5) is 15.5. The highest BCUT2D eigenvalue weighted by Gasteiger charge is 2.21. The van der Waals surface area contributed by atoms with Crippen LogP contribution in [0.25, 0.3) is 5.52 Å². The van der Waals surface area contributed by atoms with Gasteiger partial charge in [-0.25, -0.2) is 4.39 Å². The van der Waals surface area contributed by atoms with E-state index in [1.165, 1.54) is 24.3 Å². The van der Waals surface area contributed by atoms with Crippen LogP contribution in [0.5, 0.6) is 0 Å². The number of benzene rings is 1. The quantitative estimate of drug-likeness (QED) is 0.241. The second kappa shape index (κ2) is 10.7. The van der Waals surface area contributed by atoms with Crippen LogP contribution >= 0.6 is 12.2 Å². The number of hydrazone groups is 1. The molecule has 0 atom stereocenters. The highest BCUT2D eigenvalue weighted by atomic mass is 32.1. The van der Waals surface area contributed by atoms with Crippen molar-refractivity contribution in [3.8, 4) is 0 Å². The summed E-state index contributed by atoms with van der Waals surface area (Å²) >= 11 is 5.32. The number of hydrogen-bond donors (Lipinski definition) is 2. The Kier molecular flexibility index (Phi) is 7.43. The van der Waals surface area contributed by atoms with Gasteiger partial charge in [0.1, 0.15) is 5.82 Å². The highest BCUT2D eigenvalue weighted by molar-refractivity contribution is 7.80. The van der Waals surface area contributed by atoms with Crippen LogP contribution in [-0.2, 0) is 4.74 Å². The summed E-state index contributed by atoms with van der Waals surface area (Å²) in [6, 6.07) is 11.3. The highest BCUT2D eigenvalue weighted by Crippen LogP contribution is 2.24. The van der Waals surface area contributed by atoms with Gasteiger partial charge in [-0.15, -0.1) is 0 Å². The van der Waals surface area contributed by atoms with Crippen molar-refractivity contribution in [3.63, 3.8) is 0 Å². The molecule has 0 radical (unpaired) electrons. The summed E-state index contributed by atoms with van der Waals surface area (Å²) in [6.45, 7) is 6.87. The van der Waals surface area contributed by atoms with Gasteiger partial charge in [0.25, 0.3) is 0 Å². The monoisotopic (exact) mass is 467 g/mol. The number of thiocarbonyl (C=S) groups is 1. The SMILES string of the molecule is Cc1c(/C=N/NC(=S)NCCN2CCOCC2)c2ccccn2c1C(=O)c1ccc(F)cc1. The number of nitrogens with zero attached hydrogens (tertiary/aromatic N) is 3. The number of ketones is 1. The summed E-state index contributed by atoms with van der Waals surface area (Å²) in [6.07, 6.45) is 3.50. The number of aromatic nitrogens is 1. The minimum absolute atomic E-state index is 0.179. The third-order valence-electron chi connectivity index (χ3n) is 5.63. The van der Waals surface area contributed by atoms with Crippen molar-refractivity contribution >= 4 is 34.8 Å². The number of nitrogens with one attached hydrogen (secondary N) is 2. The van der Waals surface area contributed by atoms with E-state index in [1.54, 1.807) is 6.21 Å². The average molecular weight is 468 g/mol. The fraction of sp³-hybridized carbons (Fsp3) is 0.292. The van der Waals surface area contributed by atoms with Gasteiger partial charge in [-0.1, -0.05) is 6.07 Å². The Balaban J connectivity index is 1.46. The molecule has 2 aromatic heterocycles. The third-order valence-corrected chi connectivity index (χ3v) is 5.87. The maximum Gasteiger partial charge on any atom is 0.210 e. The Morgan fingerprint density at radius 1 is 1.21 bits per heavy atom. The number of hydrogen-bond acceptors (Lipinski definition) is 5. The van der Waals surface area contributed by atoms with Gasteiger partial charge in [0, 0.05) is 43.5 Å². The second-order valence-corrected chi connectivity index (χ2v) is 8.17. The Morgan fingerprint density at radius 3 is 2.73 bits per heavy atom. The van der Waals surface area contributed by atoms with Gasteiger partial charge in [-0.05, 0) is 61.1 Å². The molecule has 2 N–H and O–H groups in total. The molecule has 1 aliphatic heterocycles. The predicted molar refractivity (Wildman–Crippen MR) is 131 cm³/mol. The van der Waals surface area contributed by atoms with E-state index in [1.807, 2.05) is 35.7 Å². The molecule has 0 saturated carbocycles. The molecule has 0 amide bonds. The molecule has 1 fully saturated rings. The zero-order chi connectivity index (χ0) is 23.2. The lowest BCUT2D eigenvalue weighted by molar-refractivity contribution is 0.0389. The van der Waals surface area contributed by atoms with E-state index in [-0.39, 0.29) is 11.6 Å². The number of halogens is 1. The fourth-order valence-electron chi connectivity index (χ4n) is 3.89. The molecule has 172 valence electrons. The summed E-state index contributed by atoms with van der Waals surface area (Å²) in [5.41, 5.74) is 6.23. The van der Waals surface area contributed by atoms with Crippen molar-refractivity contribution in [3.05, 3.63) is 76.9 Å². The Morgan fingerprint density at radius 2 is 1.97 bits per heavy atom. The van der Waals surface area contributed by atoms with E-state index in [0.717, 1.165) is 49.5 Å². The van der Waals surface area contributed by atoms with Crippen LogP contribution in [0.2, 0.25) is 0 Å². The molecule has 3 aromatic rings. The number of morpholine rings is 1. The van der Waals surface area contributed by atoms with Gasteiger partial charge < -0.3 is 14.5 Å². The van der Waals surface area contributed by atoms with Gasteiger partial charge in [-0.2, -0.15) is 5.10 Å². The first-order valence-electron chi connectivity index (χ1n) is 10.8. The smallest absolute Gasteiger partial charge is 0.210 e. The summed E-state index contributed by atoms with van der Waals surface area (Å²) < 4.78 is 20.5. The predicted octanol–water partition coefficient (Wildman–Crippen LogP) is 2.75. The lowest BCUT2D eigenvalue weighted by atomic mass is 10.0. The number of rotatable bonds is 7. The van der Waals surface area contributed by atoms with Crippen LogP contribution in [0, 0.1) is 12.7 Å². The Bertz CT molecular complexity index is 1170. The van der Waals surface area contributed by atoms with Gasteiger partial charge in [-0.3, -0.25) is 15.1 Å².